The minimum Gasteiger partial charge on any atom is -0.494 e. The van der Waals surface area contributed by atoms with E-state index in [0.717, 1.165) is 27.7 Å². The van der Waals surface area contributed by atoms with Crippen LogP contribution < -0.4 is 15.6 Å². The summed E-state index contributed by atoms with van der Waals surface area (Å²) in [5.41, 5.74) is 7.67. The van der Waals surface area contributed by atoms with Crippen LogP contribution in [-0.4, -0.2) is 42.2 Å². The van der Waals surface area contributed by atoms with Crippen LogP contribution in [0.2, 0.25) is 0 Å². The second-order valence-electron chi connectivity index (χ2n) is 10.8. The first-order valence-corrected chi connectivity index (χ1v) is 15.3. The molecule has 1 amide bonds. The Morgan fingerprint density at radius 1 is 1.00 bits per heavy atom. The van der Waals surface area contributed by atoms with Gasteiger partial charge in [0, 0.05) is 36.0 Å². The lowest BCUT2D eigenvalue weighted by Crippen LogP contribution is -2.54. The molecule has 0 radical (unpaired) electrons. The number of carbonyl (C=O) groups excluding carboxylic acids is 1. The first-order valence-electron chi connectivity index (χ1n) is 14.5. The third-order valence-electron chi connectivity index (χ3n) is 7.84. The molecular formula is C33H38BrN3O4. The van der Waals surface area contributed by atoms with Gasteiger partial charge in [-0.15, -0.1) is 0 Å². The Bertz CT molecular complexity index is 1290. The van der Waals surface area contributed by atoms with Crippen LogP contribution in [0.4, 0.5) is 0 Å². The van der Waals surface area contributed by atoms with Gasteiger partial charge in [0.1, 0.15) is 5.75 Å². The molecule has 8 heteroatoms. The van der Waals surface area contributed by atoms with Gasteiger partial charge in [0.15, 0.2) is 11.6 Å². The maximum atomic E-state index is 14.2. The summed E-state index contributed by atoms with van der Waals surface area (Å²) in [6.07, 6.45) is 6.46. The number of carbonyl (C=O) groups is 1. The maximum Gasteiger partial charge on any atom is 0.266 e. The minimum absolute atomic E-state index is 0.0850. The molecule has 41 heavy (non-hydrogen) atoms. The molecule has 3 aromatic rings. The average molecular weight is 621 g/mol. The first kappa shape index (κ1) is 29.3. The fraction of sp³-hybridized carbons (Fsp3) is 0.394. The molecule has 7 nitrogen and oxygen atoms in total. The fourth-order valence-electron chi connectivity index (χ4n) is 5.60. The summed E-state index contributed by atoms with van der Waals surface area (Å²) in [6, 6.07) is 25.3. The van der Waals surface area contributed by atoms with Crippen molar-refractivity contribution in [3.8, 4) is 5.75 Å². The van der Waals surface area contributed by atoms with Crippen LogP contribution in [-0.2, 0) is 16.0 Å². The molecule has 0 bridgehead atoms. The number of aliphatic hydroxyl groups excluding tert-OH is 1. The fourth-order valence-corrected chi connectivity index (χ4v) is 5.86. The van der Waals surface area contributed by atoms with Crippen molar-refractivity contribution in [3.05, 3.63) is 100 Å². The van der Waals surface area contributed by atoms with Crippen LogP contribution >= 0.6 is 15.9 Å². The molecule has 3 N–H and O–H groups in total. The van der Waals surface area contributed by atoms with Gasteiger partial charge in [-0.1, -0.05) is 77.7 Å². The highest BCUT2D eigenvalue weighted by Gasteiger charge is 2.53. The Kier molecular flexibility index (Phi) is 10.1. The zero-order chi connectivity index (χ0) is 28.5. The van der Waals surface area contributed by atoms with E-state index in [-0.39, 0.29) is 12.5 Å². The van der Waals surface area contributed by atoms with Crippen molar-refractivity contribution >= 4 is 27.7 Å². The lowest BCUT2D eigenvalue weighted by Gasteiger charge is -2.31. The largest absolute Gasteiger partial charge is 0.494 e. The first-order chi connectivity index (χ1) is 20.1. The molecule has 216 valence electrons. The Balaban J connectivity index is 1.47. The Labute approximate surface area is 250 Å². The Morgan fingerprint density at radius 3 is 2.44 bits per heavy atom. The zero-order valence-electron chi connectivity index (χ0n) is 23.2. The number of hydrogen-bond donors (Lipinski definition) is 3. The molecule has 1 saturated carbocycles. The summed E-state index contributed by atoms with van der Waals surface area (Å²) in [5.74, 6) is 1.46. The third-order valence-corrected chi connectivity index (χ3v) is 8.37. The van der Waals surface area contributed by atoms with Gasteiger partial charge in [-0.25, -0.2) is 10.4 Å². The van der Waals surface area contributed by atoms with Crippen molar-refractivity contribution in [1.82, 2.24) is 10.9 Å². The number of hydrogen-bond acceptors (Lipinski definition) is 6. The van der Waals surface area contributed by atoms with Crippen LogP contribution in [0.1, 0.15) is 61.3 Å². The standard InChI is InChI=1S/C33H38BrN3O4/c34-28-16-12-24(13-17-28)22-33(32(39)37-35-23-25-8-3-1-4-9-25)30(26-10-5-2-6-11-26)41-31(36-33)27-14-18-29(19-15-27)40-21-7-20-38/h2,5-6,10-19,25,30,35,38H,1,3-4,7-9,20-23H2,(H,37,39)/t30-,33-/m0/s1. The molecule has 1 aliphatic heterocycles. The van der Waals surface area contributed by atoms with E-state index in [9.17, 15) is 4.79 Å². The number of nitrogens with one attached hydrogen (secondary N) is 2. The van der Waals surface area contributed by atoms with Gasteiger partial charge >= 0.3 is 0 Å². The monoisotopic (exact) mass is 619 g/mol. The van der Waals surface area contributed by atoms with Gasteiger partial charge in [0.2, 0.25) is 5.90 Å². The molecule has 2 atom stereocenters. The number of amides is 1. The van der Waals surface area contributed by atoms with Gasteiger partial charge in [-0.3, -0.25) is 10.2 Å². The van der Waals surface area contributed by atoms with Crippen molar-refractivity contribution in [1.29, 1.82) is 0 Å². The quantitative estimate of drug-likeness (QED) is 0.173. The van der Waals surface area contributed by atoms with Crippen molar-refractivity contribution in [3.63, 3.8) is 0 Å². The molecule has 0 saturated heterocycles. The van der Waals surface area contributed by atoms with Crippen molar-refractivity contribution in [2.24, 2.45) is 10.9 Å². The molecule has 3 aromatic carbocycles. The number of aliphatic imine (C=N–C) groups is 1. The Hall–Kier alpha value is -3.20. The minimum atomic E-state index is -1.24. The second kappa shape index (κ2) is 14.1. The molecule has 5 rings (SSSR count). The molecular weight excluding hydrogens is 582 g/mol. The normalized spacial score (nSPS) is 20.7. The lowest BCUT2D eigenvalue weighted by atomic mass is 9.82. The second-order valence-corrected chi connectivity index (χ2v) is 11.8. The predicted octanol–water partition coefficient (Wildman–Crippen LogP) is 5.91. The van der Waals surface area contributed by atoms with Crippen LogP contribution in [0.3, 0.4) is 0 Å². The molecule has 0 unspecified atom stereocenters. The van der Waals surface area contributed by atoms with E-state index in [1.54, 1.807) is 0 Å². The van der Waals surface area contributed by atoms with Crippen molar-refractivity contribution in [2.75, 3.05) is 19.8 Å². The van der Waals surface area contributed by atoms with Crippen LogP contribution in [0.25, 0.3) is 0 Å². The van der Waals surface area contributed by atoms with Gasteiger partial charge in [-0.2, -0.15) is 0 Å². The van der Waals surface area contributed by atoms with Crippen molar-refractivity contribution in [2.45, 2.75) is 56.6 Å². The average Bonchev–Trinajstić information content (AvgIpc) is 3.40. The molecule has 1 heterocycles. The topological polar surface area (TPSA) is 92.2 Å². The summed E-state index contributed by atoms with van der Waals surface area (Å²) < 4.78 is 13.3. The van der Waals surface area contributed by atoms with Crippen LogP contribution in [0.5, 0.6) is 5.75 Å². The van der Waals surface area contributed by atoms with E-state index < -0.39 is 11.6 Å². The lowest BCUT2D eigenvalue weighted by molar-refractivity contribution is -0.130. The molecule has 2 aliphatic rings. The Morgan fingerprint density at radius 2 is 1.73 bits per heavy atom. The number of hydrazine groups is 1. The SMILES string of the molecule is O=C(NNCC1CCCCC1)[C@@]1(Cc2ccc(Br)cc2)N=C(c2ccc(OCCCO)cc2)O[C@H]1c1ccccc1. The van der Waals surface area contributed by atoms with Gasteiger partial charge < -0.3 is 14.6 Å². The van der Waals surface area contributed by atoms with Gasteiger partial charge in [0.25, 0.3) is 5.91 Å². The third kappa shape index (κ3) is 7.36. The summed E-state index contributed by atoms with van der Waals surface area (Å²) in [5, 5.41) is 9.03. The highest BCUT2D eigenvalue weighted by atomic mass is 79.9. The number of ether oxygens (including phenoxy) is 2. The summed E-state index contributed by atoms with van der Waals surface area (Å²) in [7, 11) is 0. The van der Waals surface area contributed by atoms with Crippen LogP contribution in [0, 0.1) is 5.92 Å². The van der Waals surface area contributed by atoms with E-state index in [2.05, 4.69) is 26.8 Å². The van der Waals surface area contributed by atoms with E-state index in [1.807, 2.05) is 78.9 Å². The van der Waals surface area contributed by atoms with E-state index in [0.29, 0.717) is 37.0 Å². The number of nitrogens with zero attached hydrogens (tertiary/aromatic N) is 1. The summed E-state index contributed by atoms with van der Waals surface area (Å²) >= 11 is 3.52. The van der Waals surface area contributed by atoms with E-state index >= 15 is 0 Å². The number of benzene rings is 3. The number of rotatable bonds is 12. The summed E-state index contributed by atoms with van der Waals surface area (Å²) in [4.78, 5) is 19.3. The van der Waals surface area contributed by atoms with E-state index in [1.165, 1.54) is 32.1 Å². The van der Waals surface area contributed by atoms with Gasteiger partial charge in [0.05, 0.1) is 6.61 Å². The highest BCUT2D eigenvalue weighted by Crippen LogP contribution is 2.42. The smallest absolute Gasteiger partial charge is 0.266 e. The van der Waals surface area contributed by atoms with Crippen LogP contribution in [0.15, 0.2) is 88.3 Å². The van der Waals surface area contributed by atoms with Crippen molar-refractivity contribution < 1.29 is 19.4 Å². The predicted molar refractivity (Wildman–Crippen MR) is 164 cm³/mol. The molecule has 1 aliphatic carbocycles. The molecule has 1 fully saturated rings. The highest BCUT2D eigenvalue weighted by molar-refractivity contribution is 9.10. The number of halogens is 1. The molecule has 0 aromatic heterocycles. The van der Waals surface area contributed by atoms with E-state index in [4.69, 9.17) is 19.6 Å². The molecule has 0 spiro atoms. The number of aliphatic hydroxyl groups is 1. The summed E-state index contributed by atoms with van der Waals surface area (Å²) in [6.45, 7) is 1.26. The zero-order valence-corrected chi connectivity index (χ0v) is 24.8. The van der Waals surface area contributed by atoms with Gasteiger partial charge in [-0.05, 0) is 66.3 Å². The maximum absolute atomic E-state index is 14.2.